The van der Waals surface area contributed by atoms with Crippen LogP contribution in [0.25, 0.3) is 0 Å². The van der Waals surface area contributed by atoms with Crippen molar-refractivity contribution in [1.29, 1.82) is 0 Å². The minimum Gasteiger partial charge on any atom is -0.463 e. The van der Waals surface area contributed by atoms with E-state index in [1.165, 1.54) is 12.8 Å². The molecule has 2 N–H and O–H groups in total. The second-order valence-corrected chi connectivity index (χ2v) is 5.23. The Kier molecular flexibility index (Phi) is 8.47. The van der Waals surface area contributed by atoms with Gasteiger partial charge in [0.05, 0.1) is 6.61 Å². The molecule has 0 aliphatic heterocycles. The number of hydrogen-bond acceptors (Lipinski definition) is 6. The molecule has 1 aromatic rings. The van der Waals surface area contributed by atoms with E-state index in [0.29, 0.717) is 30.6 Å². The lowest BCUT2D eigenvalue weighted by Crippen LogP contribution is -2.18. The Labute approximate surface area is 128 Å². The molecule has 0 aromatic carbocycles. The summed E-state index contributed by atoms with van der Waals surface area (Å²) in [6.45, 7) is 9.95. The van der Waals surface area contributed by atoms with Gasteiger partial charge in [-0.15, -0.1) is 0 Å². The van der Waals surface area contributed by atoms with E-state index in [1.54, 1.807) is 0 Å². The first-order valence-electron chi connectivity index (χ1n) is 8.08. The minimum absolute atomic E-state index is 0.338. The third kappa shape index (κ3) is 7.11. The van der Waals surface area contributed by atoms with Gasteiger partial charge in [-0.3, -0.25) is 0 Å². The van der Waals surface area contributed by atoms with Gasteiger partial charge in [-0.1, -0.05) is 33.6 Å². The van der Waals surface area contributed by atoms with Crippen molar-refractivity contribution in [3.8, 4) is 6.01 Å². The van der Waals surface area contributed by atoms with Crippen LogP contribution >= 0.6 is 0 Å². The molecule has 0 saturated heterocycles. The van der Waals surface area contributed by atoms with Crippen molar-refractivity contribution in [1.82, 2.24) is 15.0 Å². The summed E-state index contributed by atoms with van der Waals surface area (Å²) >= 11 is 0. The van der Waals surface area contributed by atoms with Gasteiger partial charge in [0.1, 0.15) is 0 Å². The van der Waals surface area contributed by atoms with E-state index in [4.69, 9.17) is 4.74 Å². The molecular weight excluding hydrogens is 266 g/mol. The number of nitrogens with one attached hydrogen (secondary N) is 2. The lowest BCUT2D eigenvalue weighted by molar-refractivity contribution is 0.292. The Balaban J connectivity index is 2.74. The molecule has 0 spiro atoms. The molecular formula is C15H29N5O. The predicted molar refractivity (Wildman–Crippen MR) is 87.0 cm³/mol. The van der Waals surface area contributed by atoms with Crippen LogP contribution < -0.4 is 15.4 Å². The second kappa shape index (κ2) is 10.2. The fourth-order valence-corrected chi connectivity index (χ4v) is 1.80. The highest BCUT2D eigenvalue weighted by molar-refractivity contribution is 5.36. The number of rotatable bonds is 11. The molecule has 1 aromatic heterocycles. The molecule has 1 heterocycles. The molecule has 0 saturated carbocycles. The van der Waals surface area contributed by atoms with E-state index in [-0.39, 0.29) is 0 Å². The van der Waals surface area contributed by atoms with Crippen molar-refractivity contribution in [3.05, 3.63) is 0 Å². The zero-order valence-electron chi connectivity index (χ0n) is 13.8. The topological polar surface area (TPSA) is 72.0 Å². The van der Waals surface area contributed by atoms with Gasteiger partial charge in [-0.2, -0.15) is 15.0 Å². The maximum Gasteiger partial charge on any atom is 0.323 e. The van der Waals surface area contributed by atoms with Gasteiger partial charge in [-0.25, -0.2) is 0 Å². The summed E-state index contributed by atoms with van der Waals surface area (Å²) in [5, 5.41) is 6.51. The first kappa shape index (κ1) is 17.5. The van der Waals surface area contributed by atoms with Gasteiger partial charge in [0.25, 0.3) is 0 Å². The Morgan fingerprint density at radius 2 is 1.76 bits per heavy atom. The van der Waals surface area contributed by atoms with Crippen LogP contribution in [0.2, 0.25) is 0 Å². The number of anilines is 2. The molecule has 0 fully saturated rings. The summed E-state index contributed by atoms with van der Waals surface area (Å²) in [7, 11) is 0. The number of nitrogens with zero attached hydrogens (tertiary/aromatic N) is 3. The third-order valence-corrected chi connectivity index (χ3v) is 2.95. The lowest BCUT2D eigenvalue weighted by Gasteiger charge is -2.14. The number of ether oxygens (including phenoxy) is 1. The molecule has 6 heteroatoms. The van der Waals surface area contributed by atoms with Crippen LogP contribution in [-0.4, -0.2) is 34.1 Å². The zero-order chi connectivity index (χ0) is 15.5. The van der Waals surface area contributed by atoms with Gasteiger partial charge >= 0.3 is 6.01 Å². The normalized spacial score (nSPS) is 12.0. The van der Waals surface area contributed by atoms with E-state index < -0.39 is 0 Å². The van der Waals surface area contributed by atoms with E-state index >= 15 is 0 Å². The first-order chi connectivity index (χ1) is 10.2. The summed E-state index contributed by atoms with van der Waals surface area (Å²) < 4.78 is 5.54. The zero-order valence-corrected chi connectivity index (χ0v) is 13.8. The van der Waals surface area contributed by atoms with Crippen LogP contribution in [0.5, 0.6) is 6.01 Å². The maximum atomic E-state index is 5.54. The summed E-state index contributed by atoms with van der Waals surface area (Å²) in [4.78, 5) is 13.0. The molecule has 1 atom stereocenters. The van der Waals surface area contributed by atoms with Gasteiger partial charge in [-0.05, 0) is 26.2 Å². The number of unbranched alkanes of at least 4 members (excludes halogenated alkanes) is 1. The van der Waals surface area contributed by atoms with E-state index in [1.807, 2.05) is 0 Å². The highest BCUT2D eigenvalue weighted by Gasteiger charge is 2.09. The smallest absolute Gasteiger partial charge is 0.323 e. The van der Waals surface area contributed by atoms with Crippen LogP contribution in [0.15, 0.2) is 0 Å². The second-order valence-electron chi connectivity index (χ2n) is 5.23. The largest absolute Gasteiger partial charge is 0.463 e. The van der Waals surface area contributed by atoms with Crippen molar-refractivity contribution in [2.45, 2.75) is 65.8 Å². The Bertz CT molecular complexity index is 373. The van der Waals surface area contributed by atoms with Gasteiger partial charge in [0.2, 0.25) is 11.9 Å². The fourth-order valence-electron chi connectivity index (χ4n) is 1.80. The van der Waals surface area contributed by atoms with Gasteiger partial charge < -0.3 is 15.4 Å². The molecule has 21 heavy (non-hydrogen) atoms. The van der Waals surface area contributed by atoms with Crippen molar-refractivity contribution in [2.24, 2.45) is 0 Å². The van der Waals surface area contributed by atoms with Crippen LogP contribution in [-0.2, 0) is 0 Å². The average molecular weight is 295 g/mol. The van der Waals surface area contributed by atoms with Crippen LogP contribution in [0.1, 0.15) is 59.8 Å². The highest BCUT2D eigenvalue weighted by Crippen LogP contribution is 2.14. The predicted octanol–water partition coefficient (Wildman–Crippen LogP) is 3.47. The maximum absolute atomic E-state index is 5.54. The van der Waals surface area contributed by atoms with E-state index in [0.717, 1.165) is 25.8 Å². The molecule has 1 rings (SSSR count). The highest BCUT2D eigenvalue weighted by atomic mass is 16.5. The quantitative estimate of drug-likeness (QED) is 0.651. The monoisotopic (exact) mass is 295 g/mol. The summed E-state index contributed by atoms with van der Waals surface area (Å²) in [6.07, 6.45) is 5.44. The molecule has 0 aliphatic rings. The molecule has 120 valence electrons. The molecule has 0 aliphatic carbocycles. The van der Waals surface area contributed by atoms with Crippen LogP contribution in [0.4, 0.5) is 11.9 Å². The molecule has 0 bridgehead atoms. The van der Waals surface area contributed by atoms with Crippen molar-refractivity contribution in [3.63, 3.8) is 0 Å². The number of aromatic nitrogens is 3. The summed E-state index contributed by atoms with van der Waals surface area (Å²) in [5.74, 6) is 1.15. The summed E-state index contributed by atoms with van der Waals surface area (Å²) in [5.41, 5.74) is 0. The van der Waals surface area contributed by atoms with Crippen molar-refractivity contribution < 1.29 is 4.74 Å². The summed E-state index contributed by atoms with van der Waals surface area (Å²) in [6, 6.07) is 0.723. The molecule has 1 unspecified atom stereocenters. The number of hydrogen-bond donors (Lipinski definition) is 2. The standard InChI is InChI=1S/C15H29N5O/c1-5-8-9-12(4)17-14-18-13(16-10-6-2)19-15(20-14)21-11-7-3/h12H,5-11H2,1-4H3,(H2,16,17,18,19,20). The van der Waals surface area contributed by atoms with Gasteiger partial charge in [0.15, 0.2) is 0 Å². The first-order valence-corrected chi connectivity index (χ1v) is 8.08. The SMILES string of the molecule is CCCCC(C)Nc1nc(NCCC)nc(OCCC)n1. The Hall–Kier alpha value is -1.59. The minimum atomic E-state index is 0.338. The van der Waals surface area contributed by atoms with Crippen molar-refractivity contribution in [2.75, 3.05) is 23.8 Å². The molecule has 0 amide bonds. The van der Waals surface area contributed by atoms with Crippen LogP contribution in [0.3, 0.4) is 0 Å². The van der Waals surface area contributed by atoms with Crippen LogP contribution in [0, 0.1) is 0 Å². The lowest BCUT2D eigenvalue weighted by atomic mass is 10.1. The van der Waals surface area contributed by atoms with E-state index in [9.17, 15) is 0 Å². The fraction of sp³-hybridized carbons (Fsp3) is 0.800. The average Bonchev–Trinajstić information content (AvgIpc) is 2.48. The Morgan fingerprint density at radius 1 is 1.00 bits per heavy atom. The Morgan fingerprint density at radius 3 is 2.43 bits per heavy atom. The third-order valence-electron chi connectivity index (χ3n) is 2.95. The van der Waals surface area contributed by atoms with Crippen molar-refractivity contribution >= 4 is 11.9 Å². The van der Waals surface area contributed by atoms with Gasteiger partial charge in [0, 0.05) is 12.6 Å². The molecule has 0 radical (unpaired) electrons. The molecule has 6 nitrogen and oxygen atoms in total. The van der Waals surface area contributed by atoms with E-state index in [2.05, 4.69) is 53.3 Å².